The largest absolute Gasteiger partial charge is 0.497 e. The maximum absolute atomic E-state index is 12.9. The highest BCUT2D eigenvalue weighted by molar-refractivity contribution is 7.88. The van der Waals surface area contributed by atoms with Crippen molar-refractivity contribution in [1.29, 1.82) is 0 Å². The summed E-state index contributed by atoms with van der Waals surface area (Å²) < 4.78 is 30.3. The molecule has 3 aromatic rings. The molecule has 29 heavy (non-hydrogen) atoms. The summed E-state index contributed by atoms with van der Waals surface area (Å²) in [6, 6.07) is 15.0. The molecule has 1 aromatic heterocycles. The van der Waals surface area contributed by atoms with Gasteiger partial charge in [0, 0.05) is 12.6 Å². The smallest absolute Gasteiger partial charge is 0.249 e. The van der Waals surface area contributed by atoms with E-state index in [1.807, 2.05) is 24.3 Å². The molecule has 0 saturated carbocycles. The van der Waals surface area contributed by atoms with E-state index in [1.54, 1.807) is 37.4 Å². The van der Waals surface area contributed by atoms with E-state index in [4.69, 9.17) is 4.74 Å². The molecule has 0 bridgehead atoms. The number of sulfonamides is 1. The van der Waals surface area contributed by atoms with Crippen molar-refractivity contribution in [3.63, 3.8) is 0 Å². The lowest BCUT2D eigenvalue weighted by atomic mass is 10.1. The number of carbonyl (C=O) groups is 1. The molecule has 1 heterocycles. The van der Waals surface area contributed by atoms with Gasteiger partial charge in [-0.2, -0.15) is 4.31 Å². The monoisotopic (exact) mass is 432 g/mol. The van der Waals surface area contributed by atoms with Gasteiger partial charge in [0.05, 0.1) is 13.4 Å². The average molecular weight is 433 g/mol. The van der Waals surface area contributed by atoms with Crippen molar-refractivity contribution in [3.05, 3.63) is 60.2 Å². The molecule has 152 valence electrons. The molecule has 0 fully saturated rings. The van der Waals surface area contributed by atoms with Gasteiger partial charge in [-0.25, -0.2) is 8.42 Å². The number of likely N-dealkylation sites (N-methyl/N-ethyl adjacent to an activating group) is 1. The lowest BCUT2D eigenvalue weighted by Gasteiger charge is -2.25. The predicted octanol–water partition coefficient (Wildman–Crippen LogP) is 2.78. The maximum atomic E-state index is 12.9. The summed E-state index contributed by atoms with van der Waals surface area (Å²) in [7, 11) is -0.646. The van der Waals surface area contributed by atoms with Gasteiger partial charge < -0.3 is 4.74 Å². The first-order chi connectivity index (χ1) is 13.8. The minimum Gasteiger partial charge on any atom is -0.497 e. The summed E-state index contributed by atoms with van der Waals surface area (Å²) in [5.74, 6) is 0.211. The van der Waals surface area contributed by atoms with Gasteiger partial charge in [-0.05, 0) is 29.8 Å². The van der Waals surface area contributed by atoms with Crippen LogP contribution in [0, 0.1) is 0 Å². The number of nitrogens with one attached hydrogen (secondary N) is 1. The van der Waals surface area contributed by atoms with E-state index in [9.17, 15) is 13.2 Å². The van der Waals surface area contributed by atoms with Crippen LogP contribution in [0.1, 0.15) is 11.6 Å². The number of nitrogens with zero attached hydrogens (tertiary/aromatic N) is 3. The summed E-state index contributed by atoms with van der Waals surface area (Å²) >= 11 is 1.20. The van der Waals surface area contributed by atoms with Crippen molar-refractivity contribution in [3.8, 4) is 16.3 Å². The van der Waals surface area contributed by atoms with E-state index in [1.165, 1.54) is 18.4 Å². The summed E-state index contributed by atoms with van der Waals surface area (Å²) in [6.07, 6.45) is 1.06. The Morgan fingerprint density at radius 2 is 1.76 bits per heavy atom. The van der Waals surface area contributed by atoms with Crippen LogP contribution in [0.25, 0.3) is 10.6 Å². The Bertz CT molecular complexity index is 1080. The molecule has 1 N–H and O–H groups in total. The van der Waals surface area contributed by atoms with Gasteiger partial charge in [-0.3, -0.25) is 10.1 Å². The maximum Gasteiger partial charge on any atom is 0.249 e. The molecule has 1 atom stereocenters. The number of amides is 1. The van der Waals surface area contributed by atoms with Crippen LogP contribution in [0.5, 0.6) is 5.75 Å². The van der Waals surface area contributed by atoms with Crippen LogP contribution in [0.3, 0.4) is 0 Å². The Hall–Kier alpha value is -2.82. The number of aromatic nitrogens is 2. The van der Waals surface area contributed by atoms with E-state index in [-0.39, 0.29) is 5.13 Å². The van der Waals surface area contributed by atoms with Crippen molar-refractivity contribution in [2.75, 3.05) is 25.7 Å². The number of anilines is 1. The van der Waals surface area contributed by atoms with Crippen molar-refractivity contribution in [1.82, 2.24) is 14.5 Å². The second-order valence-corrected chi connectivity index (χ2v) is 9.24. The van der Waals surface area contributed by atoms with Gasteiger partial charge in [0.1, 0.15) is 16.8 Å². The third kappa shape index (κ3) is 4.97. The standard InChI is InChI=1S/C19H20N4O4S2/c1-23(29(3,25)26)16(13-7-5-4-6-8-13)17(24)20-19-22-21-18(28-19)14-9-11-15(27-2)12-10-14/h4-12,16H,1-3H3,(H,20,22,24)/t16-/m0/s1. The fourth-order valence-electron chi connectivity index (χ4n) is 2.65. The zero-order chi connectivity index (χ0) is 21.0. The minimum absolute atomic E-state index is 0.281. The van der Waals surface area contributed by atoms with Gasteiger partial charge in [-0.1, -0.05) is 41.7 Å². The third-order valence-electron chi connectivity index (χ3n) is 4.24. The van der Waals surface area contributed by atoms with Gasteiger partial charge in [0.2, 0.25) is 21.1 Å². The molecule has 0 spiro atoms. The van der Waals surface area contributed by atoms with Crippen LogP contribution in [0.2, 0.25) is 0 Å². The highest BCUT2D eigenvalue weighted by Gasteiger charge is 2.31. The van der Waals surface area contributed by atoms with Crippen LogP contribution >= 0.6 is 11.3 Å². The van der Waals surface area contributed by atoms with Crippen LogP contribution < -0.4 is 10.1 Å². The van der Waals surface area contributed by atoms with E-state index < -0.39 is 22.0 Å². The zero-order valence-corrected chi connectivity index (χ0v) is 17.7. The summed E-state index contributed by atoms with van der Waals surface area (Å²) in [5.41, 5.74) is 1.38. The Balaban J connectivity index is 1.84. The molecule has 0 saturated heterocycles. The van der Waals surface area contributed by atoms with Crippen LogP contribution in [0.15, 0.2) is 54.6 Å². The van der Waals surface area contributed by atoms with Crippen LogP contribution in [0.4, 0.5) is 5.13 Å². The number of methoxy groups -OCH3 is 1. The number of carbonyl (C=O) groups excluding carboxylic acids is 1. The highest BCUT2D eigenvalue weighted by atomic mass is 32.2. The molecule has 0 aliphatic heterocycles. The molecule has 3 rings (SSSR count). The molecular formula is C19H20N4O4S2. The SMILES string of the molecule is COc1ccc(-c2nnc(NC(=O)[C@H](c3ccccc3)N(C)S(C)(=O)=O)s2)cc1. The van der Waals surface area contributed by atoms with Crippen LogP contribution in [-0.4, -0.2) is 49.2 Å². The number of hydrogen-bond donors (Lipinski definition) is 1. The molecule has 0 aliphatic carbocycles. The van der Waals surface area contributed by atoms with Gasteiger partial charge in [0.15, 0.2) is 0 Å². The number of hydrogen-bond acceptors (Lipinski definition) is 7. The summed E-state index contributed by atoms with van der Waals surface area (Å²) in [6.45, 7) is 0. The predicted molar refractivity (Wildman–Crippen MR) is 112 cm³/mol. The molecule has 8 nitrogen and oxygen atoms in total. The molecular weight excluding hydrogens is 412 g/mol. The van der Waals surface area contributed by atoms with Crippen molar-refractivity contribution >= 4 is 32.4 Å². The Kier molecular flexibility index (Phi) is 6.26. The number of benzene rings is 2. The Morgan fingerprint density at radius 3 is 2.34 bits per heavy atom. The quantitative estimate of drug-likeness (QED) is 0.616. The summed E-state index contributed by atoms with van der Waals surface area (Å²) in [5, 5.41) is 11.7. The normalized spacial score (nSPS) is 12.6. The van der Waals surface area contributed by atoms with Crippen molar-refractivity contribution in [2.45, 2.75) is 6.04 Å². The van der Waals surface area contributed by atoms with Crippen molar-refractivity contribution in [2.24, 2.45) is 0 Å². The third-order valence-corrected chi connectivity index (χ3v) is 6.39. The first kappa shape index (κ1) is 20.9. The van der Waals surface area contributed by atoms with E-state index in [0.29, 0.717) is 10.6 Å². The highest BCUT2D eigenvalue weighted by Crippen LogP contribution is 2.29. The average Bonchev–Trinajstić information content (AvgIpc) is 3.16. The second kappa shape index (κ2) is 8.68. The molecule has 2 aromatic carbocycles. The zero-order valence-electron chi connectivity index (χ0n) is 16.1. The number of ether oxygens (including phenoxy) is 1. The van der Waals surface area contributed by atoms with Gasteiger partial charge in [-0.15, -0.1) is 10.2 Å². The second-order valence-electron chi connectivity index (χ2n) is 6.22. The van der Waals surface area contributed by atoms with E-state index in [2.05, 4.69) is 15.5 Å². The Morgan fingerprint density at radius 1 is 1.10 bits per heavy atom. The fraction of sp³-hybridized carbons (Fsp3) is 0.211. The molecule has 0 radical (unpaired) electrons. The van der Waals surface area contributed by atoms with Gasteiger partial charge >= 0.3 is 0 Å². The first-order valence-corrected chi connectivity index (χ1v) is 11.2. The van der Waals surface area contributed by atoms with Gasteiger partial charge in [0.25, 0.3) is 0 Å². The molecule has 0 unspecified atom stereocenters. The van der Waals surface area contributed by atoms with E-state index in [0.717, 1.165) is 21.9 Å². The van der Waals surface area contributed by atoms with Crippen LogP contribution in [-0.2, 0) is 14.8 Å². The summed E-state index contributed by atoms with van der Waals surface area (Å²) in [4.78, 5) is 12.9. The number of rotatable bonds is 7. The molecule has 0 aliphatic rings. The lowest BCUT2D eigenvalue weighted by Crippen LogP contribution is -2.38. The fourth-order valence-corrected chi connectivity index (χ4v) is 4.00. The van der Waals surface area contributed by atoms with E-state index >= 15 is 0 Å². The molecule has 1 amide bonds. The minimum atomic E-state index is -3.60. The topological polar surface area (TPSA) is 101 Å². The molecule has 10 heteroatoms. The van der Waals surface area contributed by atoms with Crippen molar-refractivity contribution < 1.29 is 17.9 Å². The first-order valence-electron chi connectivity index (χ1n) is 8.56. The lowest BCUT2D eigenvalue weighted by molar-refractivity contribution is -0.119. The Labute approximate surface area is 173 Å².